The van der Waals surface area contributed by atoms with E-state index < -0.39 is 5.60 Å². The van der Waals surface area contributed by atoms with Crippen LogP contribution in [0.5, 0.6) is 0 Å². The Morgan fingerprint density at radius 1 is 1.17 bits per heavy atom. The average molecular weight is 384 g/mol. The zero-order valence-corrected chi connectivity index (χ0v) is 15.3. The van der Waals surface area contributed by atoms with Gasteiger partial charge in [-0.3, -0.25) is 0 Å². The fourth-order valence-corrected chi connectivity index (χ4v) is 2.77. The second kappa shape index (κ2) is 7.34. The minimum Gasteiger partial charge on any atom is -0.459 e. The first-order valence-corrected chi connectivity index (χ1v) is 8.49. The zero-order chi connectivity index (χ0) is 17.0. The van der Waals surface area contributed by atoms with Crippen molar-refractivity contribution in [1.29, 1.82) is 0 Å². The molecule has 1 aliphatic rings. The molecule has 0 aromatic heterocycles. The Morgan fingerprint density at radius 2 is 1.78 bits per heavy atom. The molecule has 1 aromatic carbocycles. The number of carbonyl (C=O) groups is 2. The van der Waals surface area contributed by atoms with Crippen LogP contribution in [0.3, 0.4) is 0 Å². The van der Waals surface area contributed by atoms with Gasteiger partial charge in [0.15, 0.2) is 0 Å². The Morgan fingerprint density at radius 3 is 2.35 bits per heavy atom. The van der Waals surface area contributed by atoms with Gasteiger partial charge in [0.05, 0.1) is 5.56 Å². The molecule has 1 fully saturated rings. The SMILES string of the molecule is CC(C)(C)OC(=O)N1CCC(OC(=O)c2ccccc2Br)CC1. The molecule has 2 rings (SSSR count). The summed E-state index contributed by atoms with van der Waals surface area (Å²) in [4.78, 5) is 25.8. The monoisotopic (exact) mass is 383 g/mol. The summed E-state index contributed by atoms with van der Waals surface area (Å²) in [5.41, 5.74) is 0.0158. The van der Waals surface area contributed by atoms with Crippen LogP contribution < -0.4 is 0 Å². The topological polar surface area (TPSA) is 55.8 Å². The molecule has 1 saturated heterocycles. The zero-order valence-electron chi connectivity index (χ0n) is 13.7. The van der Waals surface area contributed by atoms with E-state index in [2.05, 4.69) is 15.9 Å². The van der Waals surface area contributed by atoms with Crippen LogP contribution in [0.25, 0.3) is 0 Å². The summed E-state index contributed by atoms with van der Waals surface area (Å²) in [5.74, 6) is -0.340. The quantitative estimate of drug-likeness (QED) is 0.724. The summed E-state index contributed by atoms with van der Waals surface area (Å²) in [6.45, 7) is 6.59. The number of nitrogens with zero attached hydrogens (tertiary/aromatic N) is 1. The highest BCUT2D eigenvalue weighted by Gasteiger charge is 2.28. The van der Waals surface area contributed by atoms with Gasteiger partial charge in [0.2, 0.25) is 0 Å². The lowest BCUT2D eigenvalue weighted by Crippen LogP contribution is -2.43. The average Bonchev–Trinajstić information content (AvgIpc) is 2.46. The van der Waals surface area contributed by atoms with Gasteiger partial charge in [-0.05, 0) is 48.8 Å². The molecule has 1 aromatic rings. The van der Waals surface area contributed by atoms with E-state index in [1.165, 1.54) is 0 Å². The molecule has 6 heteroatoms. The third-order valence-corrected chi connectivity index (χ3v) is 4.15. The number of likely N-dealkylation sites (tertiary alicyclic amines) is 1. The number of benzene rings is 1. The molecule has 0 aliphatic carbocycles. The molecular weight excluding hydrogens is 362 g/mol. The Hall–Kier alpha value is -1.56. The van der Waals surface area contributed by atoms with E-state index in [0.29, 0.717) is 31.5 Å². The molecule has 1 heterocycles. The van der Waals surface area contributed by atoms with Crippen molar-refractivity contribution in [2.24, 2.45) is 0 Å². The first-order chi connectivity index (χ1) is 10.8. The van der Waals surface area contributed by atoms with Crippen LogP contribution in [0.1, 0.15) is 44.0 Å². The molecule has 1 amide bonds. The Balaban J connectivity index is 1.84. The van der Waals surface area contributed by atoms with E-state index >= 15 is 0 Å². The minimum absolute atomic E-state index is 0.173. The van der Waals surface area contributed by atoms with Crippen LogP contribution in [0.15, 0.2) is 28.7 Å². The molecule has 0 N–H and O–H groups in total. The van der Waals surface area contributed by atoms with Crippen molar-refractivity contribution in [3.63, 3.8) is 0 Å². The molecule has 0 unspecified atom stereocenters. The number of amides is 1. The second-order valence-electron chi connectivity index (χ2n) is 6.55. The lowest BCUT2D eigenvalue weighted by Gasteiger charge is -2.33. The normalized spacial score (nSPS) is 16.1. The van der Waals surface area contributed by atoms with Crippen molar-refractivity contribution in [1.82, 2.24) is 4.90 Å². The number of ether oxygens (including phenoxy) is 2. The van der Waals surface area contributed by atoms with Crippen molar-refractivity contribution in [2.75, 3.05) is 13.1 Å². The molecule has 23 heavy (non-hydrogen) atoms. The molecule has 0 saturated carbocycles. The van der Waals surface area contributed by atoms with Crippen molar-refractivity contribution in [3.8, 4) is 0 Å². The molecule has 0 spiro atoms. The van der Waals surface area contributed by atoms with Gasteiger partial charge in [-0.1, -0.05) is 12.1 Å². The van der Waals surface area contributed by atoms with E-state index in [4.69, 9.17) is 9.47 Å². The van der Waals surface area contributed by atoms with Gasteiger partial charge in [-0.25, -0.2) is 9.59 Å². The van der Waals surface area contributed by atoms with E-state index in [1.54, 1.807) is 17.0 Å². The smallest absolute Gasteiger partial charge is 0.410 e. The Kier molecular flexibility index (Phi) is 5.68. The molecular formula is C17H22BrNO4. The van der Waals surface area contributed by atoms with Crippen LogP contribution in [-0.2, 0) is 9.47 Å². The summed E-state index contributed by atoms with van der Waals surface area (Å²) in [6, 6.07) is 7.18. The van der Waals surface area contributed by atoms with Crippen LogP contribution in [0, 0.1) is 0 Å². The molecule has 0 bridgehead atoms. The predicted molar refractivity (Wildman–Crippen MR) is 90.4 cm³/mol. The first-order valence-electron chi connectivity index (χ1n) is 7.70. The molecule has 126 valence electrons. The van der Waals surface area contributed by atoms with E-state index in [0.717, 1.165) is 4.47 Å². The fraction of sp³-hybridized carbons (Fsp3) is 0.529. The number of piperidine rings is 1. The van der Waals surface area contributed by atoms with Crippen molar-refractivity contribution < 1.29 is 19.1 Å². The predicted octanol–water partition coefficient (Wildman–Crippen LogP) is 4.01. The highest BCUT2D eigenvalue weighted by Crippen LogP contribution is 2.21. The standard InChI is InChI=1S/C17H22BrNO4/c1-17(2,3)23-16(21)19-10-8-12(9-11-19)22-15(20)13-6-4-5-7-14(13)18/h4-7,12H,8-11H2,1-3H3. The third kappa shape index (κ3) is 5.23. The first kappa shape index (κ1) is 17.8. The maximum atomic E-state index is 12.2. The van der Waals surface area contributed by atoms with Gasteiger partial charge in [0.25, 0.3) is 0 Å². The summed E-state index contributed by atoms with van der Waals surface area (Å²) >= 11 is 3.35. The van der Waals surface area contributed by atoms with Crippen molar-refractivity contribution in [3.05, 3.63) is 34.3 Å². The number of hydrogen-bond acceptors (Lipinski definition) is 4. The molecule has 5 nitrogen and oxygen atoms in total. The Labute approximate surface area is 145 Å². The van der Waals surface area contributed by atoms with Crippen LogP contribution >= 0.6 is 15.9 Å². The van der Waals surface area contributed by atoms with E-state index in [1.807, 2.05) is 32.9 Å². The van der Waals surface area contributed by atoms with Crippen molar-refractivity contribution in [2.45, 2.75) is 45.3 Å². The largest absolute Gasteiger partial charge is 0.459 e. The van der Waals surface area contributed by atoms with Crippen LogP contribution in [0.2, 0.25) is 0 Å². The number of esters is 1. The molecule has 0 radical (unpaired) electrons. The van der Waals surface area contributed by atoms with E-state index in [9.17, 15) is 9.59 Å². The fourth-order valence-electron chi connectivity index (χ4n) is 2.32. The van der Waals surface area contributed by atoms with Crippen molar-refractivity contribution >= 4 is 28.0 Å². The maximum absolute atomic E-state index is 12.2. The number of hydrogen-bond donors (Lipinski definition) is 0. The summed E-state index contributed by atoms with van der Waals surface area (Å²) in [5, 5.41) is 0. The van der Waals surface area contributed by atoms with Gasteiger partial charge in [-0.15, -0.1) is 0 Å². The van der Waals surface area contributed by atoms with Gasteiger partial charge in [0.1, 0.15) is 11.7 Å². The van der Waals surface area contributed by atoms with Crippen LogP contribution in [0.4, 0.5) is 4.79 Å². The third-order valence-electron chi connectivity index (χ3n) is 3.46. The number of carbonyl (C=O) groups excluding carboxylic acids is 2. The van der Waals surface area contributed by atoms with Gasteiger partial charge < -0.3 is 14.4 Å². The second-order valence-corrected chi connectivity index (χ2v) is 7.41. The van der Waals surface area contributed by atoms with Gasteiger partial charge >= 0.3 is 12.1 Å². The highest BCUT2D eigenvalue weighted by atomic mass is 79.9. The minimum atomic E-state index is -0.500. The molecule has 0 atom stereocenters. The van der Waals surface area contributed by atoms with Crippen LogP contribution in [-0.4, -0.2) is 41.8 Å². The Bertz CT molecular complexity index is 574. The molecule has 1 aliphatic heterocycles. The van der Waals surface area contributed by atoms with Gasteiger partial charge in [0, 0.05) is 30.4 Å². The maximum Gasteiger partial charge on any atom is 0.410 e. The summed E-state index contributed by atoms with van der Waals surface area (Å²) < 4.78 is 11.6. The van der Waals surface area contributed by atoms with E-state index in [-0.39, 0.29) is 18.2 Å². The number of halogens is 1. The lowest BCUT2D eigenvalue weighted by molar-refractivity contribution is -0.00344. The lowest BCUT2D eigenvalue weighted by atomic mass is 10.1. The summed E-state index contributed by atoms with van der Waals surface area (Å²) in [7, 11) is 0. The van der Waals surface area contributed by atoms with Gasteiger partial charge in [-0.2, -0.15) is 0 Å². The highest BCUT2D eigenvalue weighted by molar-refractivity contribution is 9.10. The summed E-state index contributed by atoms with van der Waals surface area (Å²) in [6.07, 6.45) is 0.756. The number of rotatable bonds is 2.